The molecule has 1 aromatic heterocycles. The van der Waals surface area contributed by atoms with E-state index in [0.29, 0.717) is 5.92 Å². The first-order valence-electron chi connectivity index (χ1n) is 5.31. The van der Waals surface area contributed by atoms with Gasteiger partial charge in [0.2, 0.25) is 5.91 Å². The van der Waals surface area contributed by atoms with Crippen molar-refractivity contribution in [3.05, 3.63) is 28.9 Å². The van der Waals surface area contributed by atoms with Gasteiger partial charge in [-0.15, -0.1) is 0 Å². The van der Waals surface area contributed by atoms with Gasteiger partial charge in [-0.3, -0.25) is 9.36 Å². The minimum Gasteiger partial charge on any atom is -0.352 e. The van der Waals surface area contributed by atoms with Crippen molar-refractivity contribution in [1.29, 1.82) is 0 Å². The number of hydrogen-bond acceptors (Lipinski definition) is 3. The molecule has 5 heteroatoms. The van der Waals surface area contributed by atoms with Gasteiger partial charge >= 0.3 is 5.69 Å². The standard InChI is InChI=1S/C11H17N3O2/c1-8(2)9(3)13-10(15)7-14-6-4-5-12-11(14)16/h4-6,8-9H,7H2,1-3H3,(H,13,15)/t9-/m0/s1. The highest BCUT2D eigenvalue weighted by molar-refractivity contribution is 5.75. The van der Waals surface area contributed by atoms with Gasteiger partial charge in [-0.25, -0.2) is 9.78 Å². The summed E-state index contributed by atoms with van der Waals surface area (Å²) in [5.74, 6) is 0.200. The average molecular weight is 223 g/mol. The largest absolute Gasteiger partial charge is 0.352 e. The van der Waals surface area contributed by atoms with Crippen LogP contribution in [-0.2, 0) is 11.3 Å². The van der Waals surface area contributed by atoms with Crippen molar-refractivity contribution in [2.24, 2.45) is 5.92 Å². The minimum atomic E-state index is -0.408. The van der Waals surface area contributed by atoms with Crippen LogP contribution in [0.25, 0.3) is 0 Å². The van der Waals surface area contributed by atoms with Crippen LogP contribution in [-0.4, -0.2) is 21.5 Å². The lowest BCUT2D eigenvalue weighted by Gasteiger charge is -2.17. The van der Waals surface area contributed by atoms with Gasteiger partial charge in [0.25, 0.3) is 0 Å². The summed E-state index contributed by atoms with van der Waals surface area (Å²) >= 11 is 0. The molecular weight excluding hydrogens is 206 g/mol. The van der Waals surface area contributed by atoms with Crippen molar-refractivity contribution < 1.29 is 4.79 Å². The third-order valence-corrected chi connectivity index (χ3v) is 2.49. The molecule has 16 heavy (non-hydrogen) atoms. The van der Waals surface area contributed by atoms with Crippen LogP contribution in [0.4, 0.5) is 0 Å². The summed E-state index contributed by atoms with van der Waals surface area (Å²) in [6.45, 7) is 6.01. The number of rotatable bonds is 4. The predicted molar refractivity (Wildman–Crippen MR) is 60.9 cm³/mol. The summed E-state index contributed by atoms with van der Waals surface area (Å²) in [5, 5.41) is 2.83. The first-order chi connectivity index (χ1) is 7.50. The number of carbonyl (C=O) groups is 1. The Bertz CT molecular complexity index is 412. The number of carbonyl (C=O) groups excluding carboxylic acids is 1. The van der Waals surface area contributed by atoms with Crippen molar-refractivity contribution >= 4 is 5.91 Å². The molecular formula is C11H17N3O2. The first kappa shape index (κ1) is 12.4. The van der Waals surface area contributed by atoms with E-state index in [-0.39, 0.29) is 18.5 Å². The van der Waals surface area contributed by atoms with E-state index in [4.69, 9.17) is 0 Å². The molecule has 0 saturated heterocycles. The Morgan fingerprint density at radius 3 is 2.75 bits per heavy atom. The Kier molecular flexibility index (Phi) is 4.22. The van der Waals surface area contributed by atoms with E-state index in [2.05, 4.69) is 10.3 Å². The fourth-order valence-electron chi connectivity index (χ4n) is 1.13. The number of amides is 1. The van der Waals surface area contributed by atoms with Crippen LogP contribution in [0.1, 0.15) is 20.8 Å². The smallest absolute Gasteiger partial charge is 0.347 e. The van der Waals surface area contributed by atoms with Gasteiger partial charge < -0.3 is 5.32 Å². The molecule has 1 aromatic rings. The Morgan fingerprint density at radius 1 is 1.50 bits per heavy atom. The van der Waals surface area contributed by atoms with Gasteiger partial charge in [-0.2, -0.15) is 0 Å². The molecule has 0 bridgehead atoms. The summed E-state index contributed by atoms with van der Waals surface area (Å²) in [4.78, 5) is 26.4. The highest BCUT2D eigenvalue weighted by atomic mass is 16.2. The Balaban J connectivity index is 2.59. The summed E-state index contributed by atoms with van der Waals surface area (Å²) < 4.78 is 1.28. The summed E-state index contributed by atoms with van der Waals surface area (Å²) in [6, 6.07) is 1.72. The lowest BCUT2D eigenvalue weighted by Crippen LogP contribution is -2.40. The molecule has 1 rings (SSSR count). The van der Waals surface area contributed by atoms with Crippen molar-refractivity contribution in [3.63, 3.8) is 0 Å². The van der Waals surface area contributed by atoms with Gasteiger partial charge in [0.15, 0.2) is 0 Å². The molecule has 1 N–H and O–H groups in total. The molecule has 0 aliphatic carbocycles. The van der Waals surface area contributed by atoms with E-state index in [1.807, 2.05) is 20.8 Å². The number of nitrogens with one attached hydrogen (secondary N) is 1. The van der Waals surface area contributed by atoms with E-state index in [1.165, 1.54) is 10.8 Å². The zero-order chi connectivity index (χ0) is 12.1. The van der Waals surface area contributed by atoms with E-state index in [0.717, 1.165) is 0 Å². The van der Waals surface area contributed by atoms with Crippen LogP contribution in [0.5, 0.6) is 0 Å². The van der Waals surface area contributed by atoms with E-state index in [9.17, 15) is 9.59 Å². The lowest BCUT2D eigenvalue weighted by atomic mass is 10.1. The Labute approximate surface area is 94.5 Å². The molecule has 0 saturated carbocycles. The maximum absolute atomic E-state index is 11.6. The second-order valence-electron chi connectivity index (χ2n) is 4.13. The maximum Gasteiger partial charge on any atom is 0.347 e. The van der Waals surface area contributed by atoms with Crippen LogP contribution < -0.4 is 11.0 Å². The number of aromatic nitrogens is 2. The zero-order valence-corrected chi connectivity index (χ0v) is 9.80. The van der Waals surface area contributed by atoms with E-state index in [1.54, 1.807) is 12.3 Å². The van der Waals surface area contributed by atoms with Gasteiger partial charge in [-0.05, 0) is 18.9 Å². The third kappa shape index (κ3) is 3.49. The lowest BCUT2D eigenvalue weighted by molar-refractivity contribution is -0.122. The topological polar surface area (TPSA) is 64.0 Å². The number of hydrogen-bond donors (Lipinski definition) is 1. The minimum absolute atomic E-state index is 0.0176. The molecule has 0 unspecified atom stereocenters. The van der Waals surface area contributed by atoms with E-state index < -0.39 is 5.69 Å². The second-order valence-corrected chi connectivity index (χ2v) is 4.13. The van der Waals surface area contributed by atoms with Crippen LogP contribution in [0.3, 0.4) is 0 Å². The molecule has 88 valence electrons. The Morgan fingerprint density at radius 2 is 2.19 bits per heavy atom. The second kappa shape index (κ2) is 5.44. The van der Waals surface area contributed by atoms with Gasteiger partial charge in [0.1, 0.15) is 6.54 Å². The molecule has 0 aliphatic rings. The fourth-order valence-corrected chi connectivity index (χ4v) is 1.13. The third-order valence-electron chi connectivity index (χ3n) is 2.49. The predicted octanol–water partition coefficient (Wildman–Crippen LogP) is 0.404. The molecule has 0 aliphatic heterocycles. The molecule has 5 nitrogen and oxygen atoms in total. The van der Waals surface area contributed by atoms with Crippen molar-refractivity contribution in [1.82, 2.24) is 14.9 Å². The van der Waals surface area contributed by atoms with Crippen LogP contribution >= 0.6 is 0 Å². The van der Waals surface area contributed by atoms with Gasteiger partial charge in [0, 0.05) is 18.4 Å². The quantitative estimate of drug-likeness (QED) is 0.803. The van der Waals surface area contributed by atoms with Gasteiger partial charge in [0.05, 0.1) is 0 Å². The van der Waals surface area contributed by atoms with Crippen molar-refractivity contribution in [3.8, 4) is 0 Å². The molecule has 0 spiro atoms. The molecule has 0 aromatic carbocycles. The first-order valence-corrected chi connectivity index (χ1v) is 5.31. The van der Waals surface area contributed by atoms with Crippen LogP contribution in [0, 0.1) is 5.92 Å². The zero-order valence-electron chi connectivity index (χ0n) is 9.80. The summed E-state index contributed by atoms with van der Waals surface area (Å²) in [5.41, 5.74) is -0.408. The van der Waals surface area contributed by atoms with Crippen molar-refractivity contribution in [2.45, 2.75) is 33.4 Å². The molecule has 1 amide bonds. The van der Waals surface area contributed by atoms with Crippen LogP contribution in [0.15, 0.2) is 23.3 Å². The SMILES string of the molecule is CC(C)[C@H](C)NC(=O)Cn1cccnc1=O. The molecule has 0 fully saturated rings. The van der Waals surface area contributed by atoms with E-state index >= 15 is 0 Å². The highest BCUT2D eigenvalue weighted by Crippen LogP contribution is 1.99. The highest BCUT2D eigenvalue weighted by Gasteiger charge is 2.11. The normalized spacial score (nSPS) is 12.5. The maximum atomic E-state index is 11.6. The summed E-state index contributed by atoms with van der Waals surface area (Å²) in [7, 11) is 0. The monoisotopic (exact) mass is 223 g/mol. The van der Waals surface area contributed by atoms with Gasteiger partial charge in [-0.1, -0.05) is 13.8 Å². The summed E-state index contributed by atoms with van der Waals surface area (Å²) in [6.07, 6.45) is 2.96. The number of nitrogens with zero attached hydrogens (tertiary/aromatic N) is 2. The van der Waals surface area contributed by atoms with Crippen LogP contribution in [0.2, 0.25) is 0 Å². The average Bonchev–Trinajstić information content (AvgIpc) is 2.21. The Hall–Kier alpha value is -1.65. The molecule has 1 atom stereocenters. The molecule has 1 heterocycles. The molecule has 0 radical (unpaired) electrons. The van der Waals surface area contributed by atoms with Crippen molar-refractivity contribution in [2.75, 3.05) is 0 Å². The fraction of sp³-hybridized carbons (Fsp3) is 0.545.